The number of aromatic nitrogens is 3. The topological polar surface area (TPSA) is 56.7 Å². The summed E-state index contributed by atoms with van der Waals surface area (Å²) in [4.78, 5) is 8.74. The van der Waals surface area contributed by atoms with E-state index in [0.717, 1.165) is 28.8 Å². The van der Waals surface area contributed by atoms with Gasteiger partial charge in [0.05, 0.1) is 11.0 Å². The van der Waals surface area contributed by atoms with Crippen molar-refractivity contribution < 1.29 is 0 Å². The number of pyridine rings is 1. The van der Waals surface area contributed by atoms with Crippen LogP contribution in [0, 0.1) is 0 Å². The number of hydrogen-bond acceptors (Lipinski definition) is 3. The van der Waals surface area contributed by atoms with Crippen LogP contribution in [0.3, 0.4) is 0 Å². The summed E-state index contributed by atoms with van der Waals surface area (Å²) in [5.74, 6) is 1.05. The molecule has 0 aliphatic heterocycles. The van der Waals surface area contributed by atoms with Crippen molar-refractivity contribution in [3.05, 3.63) is 59.7 Å². The van der Waals surface area contributed by atoms with E-state index in [-0.39, 0.29) is 0 Å². The molecule has 0 fully saturated rings. The van der Waals surface area contributed by atoms with Crippen LogP contribution in [-0.4, -0.2) is 14.5 Å². The molecule has 3 aromatic rings. The van der Waals surface area contributed by atoms with Gasteiger partial charge in [-0.15, -0.1) is 0 Å². The van der Waals surface area contributed by atoms with Crippen molar-refractivity contribution in [2.45, 2.75) is 13.0 Å². The molecule has 1 aromatic carbocycles. The highest BCUT2D eigenvalue weighted by Crippen LogP contribution is 2.18. The van der Waals surface area contributed by atoms with E-state index >= 15 is 0 Å². The molecule has 0 bridgehead atoms. The first-order valence-corrected chi connectivity index (χ1v) is 6.31. The molecule has 0 radical (unpaired) electrons. The zero-order valence-electron chi connectivity index (χ0n) is 10.9. The fourth-order valence-corrected chi connectivity index (χ4v) is 2.26. The highest BCUT2D eigenvalue weighted by molar-refractivity contribution is 5.76. The van der Waals surface area contributed by atoms with Gasteiger partial charge >= 0.3 is 0 Å². The maximum Gasteiger partial charge on any atom is 0.114 e. The summed E-state index contributed by atoms with van der Waals surface area (Å²) in [6, 6.07) is 10.2. The standard InChI is InChI=1S/C15H16N4/c1-19-14-3-2-12(10-16)8-13(14)18-15(19)9-11-4-6-17-7-5-11/h2-8H,9-10,16H2,1H3. The molecule has 0 saturated carbocycles. The summed E-state index contributed by atoms with van der Waals surface area (Å²) >= 11 is 0. The molecule has 19 heavy (non-hydrogen) atoms. The van der Waals surface area contributed by atoms with Crippen molar-refractivity contribution in [1.29, 1.82) is 0 Å². The van der Waals surface area contributed by atoms with Gasteiger partial charge < -0.3 is 10.3 Å². The molecule has 0 aliphatic rings. The minimum Gasteiger partial charge on any atom is -0.331 e. The van der Waals surface area contributed by atoms with Crippen LogP contribution < -0.4 is 5.73 Å². The van der Waals surface area contributed by atoms with Gasteiger partial charge in [-0.2, -0.15) is 0 Å². The van der Waals surface area contributed by atoms with Gasteiger partial charge in [0.25, 0.3) is 0 Å². The van der Waals surface area contributed by atoms with E-state index in [0.29, 0.717) is 6.54 Å². The lowest BCUT2D eigenvalue weighted by Crippen LogP contribution is -1.99. The van der Waals surface area contributed by atoms with Crippen molar-refractivity contribution in [3.63, 3.8) is 0 Å². The molecule has 2 aromatic heterocycles. The normalized spacial score (nSPS) is 11.1. The lowest BCUT2D eigenvalue weighted by Gasteiger charge is -2.02. The van der Waals surface area contributed by atoms with E-state index < -0.39 is 0 Å². The summed E-state index contributed by atoms with van der Waals surface area (Å²) in [5, 5.41) is 0. The van der Waals surface area contributed by atoms with Gasteiger partial charge in [-0.3, -0.25) is 4.98 Å². The Morgan fingerprint density at radius 3 is 2.63 bits per heavy atom. The Hall–Kier alpha value is -2.20. The van der Waals surface area contributed by atoms with Crippen LogP contribution >= 0.6 is 0 Å². The molecule has 0 amide bonds. The predicted octanol–water partition coefficient (Wildman–Crippen LogP) is 2.02. The molecule has 2 heterocycles. The Morgan fingerprint density at radius 2 is 1.89 bits per heavy atom. The third-order valence-corrected chi connectivity index (χ3v) is 3.39. The lowest BCUT2D eigenvalue weighted by atomic mass is 10.2. The van der Waals surface area contributed by atoms with Crippen molar-refractivity contribution in [2.24, 2.45) is 12.8 Å². The average molecular weight is 252 g/mol. The fourth-order valence-electron chi connectivity index (χ4n) is 2.26. The van der Waals surface area contributed by atoms with Gasteiger partial charge in [0, 0.05) is 32.4 Å². The molecule has 3 rings (SSSR count). The van der Waals surface area contributed by atoms with Crippen LogP contribution in [0.1, 0.15) is 17.0 Å². The Bertz CT molecular complexity index is 701. The molecule has 0 aliphatic carbocycles. The van der Waals surface area contributed by atoms with E-state index in [1.807, 2.05) is 31.6 Å². The smallest absolute Gasteiger partial charge is 0.114 e. The van der Waals surface area contributed by atoms with E-state index in [2.05, 4.69) is 27.8 Å². The monoisotopic (exact) mass is 252 g/mol. The summed E-state index contributed by atoms with van der Waals surface area (Å²) < 4.78 is 2.13. The van der Waals surface area contributed by atoms with E-state index in [1.165, 1.54) is 5.56 Å². The SMILES string of the molecule is Cn1c(Cc2ccncc2)nc2cc(CN)ccc21. The van der Waals surface area contributed by atoms with E-state index in [9.17, 15) is 0 Å². The lowest BCUT2D eigenvalue weighted by molar-refractivity contribution is 0.844. The maximum absolute atomic E-state index is 5.67. The molecule has 0 unspecified atom stereocenters. The number of nitrogens with zero attached hydrogens (tertiary/aromatic N) is 3. The Labute approximate surface area is 111 Å². The first-order valence-electron chi connectivity index (χ1n) is 6.31. The number of aryl methyl sites for hydroxylation is 1. The van der Waals surface area contributed by atoms with Gasteiger partial charge in [0.15, 0.2) is 0 Å². The first kappa shape index (κ1) is 11.9. The van der Waals surface area contributed by atoms with Crippen LogP contribution in [0.25, 0.3) is 11.0 Å². The molecule has 4 nitrogen and oxygen atoms in total. The van der Waals surface area contributed by atoms with Gasteiger partial charge in [-0.25, -0.2) is 4.98 Å². The molecule has 4 heteroatoms. The number of hydrogen-bond donors (Lipinski definition) is 1. The first-order chi connectivity index (χ1) is 9.28. The second kappa shape index (κ2) is 4.82. The summed E-state index contributed by atoms with van der Waals surface area (Å²) in [6.07, 6.45) is 4.43. The van der Waals surface area contributed by atoms with E-state index in [1.54, 1.807) is 0 Å². The zero-order valence-corrected chi connectivity index (χ0v) is 10.9. The van der Waals surface area contributed by atoms with Crippen LogP contribution in [-0.2, 0) is 20.0 Å². The number of imidazole rings is 1. The number of fused-ring (bicyclic) bond motifs is 1. The highest BCUT2D eigenvalue weighted by atomic mass is 15.1. The van der Waals surface area contributed by atoms with E-state index in [4.69, 9.17) is 10.7 Å². The van der Waals surface area contributed by atoms with Crippen molar-refractivity contribution >= 4 is 11.0 Å². The zero-order chi connectivity index (χ0) is 13.2. The molecular formula is C15H16N4. The third-order valence-electron chi connectivity index (χ3n) is 3.39. The highest BCUT2D eigenvalue weighted by Gasteiger charge is 2.08. The average Bonchev–Trinajstić information content (AvgIpc) is 2.76. The number of benzene rings is 1. The maximum atomic E-state index is 5.67. The molecule has 0 saturated heterocycles. The molecule has 0 atom stereocenters. The Kier molecular flexibility index (Phi) is 3.01. The fraction of sp³-hybridized carbons (Fsp3) is 0.200. The minimum atomic E-state index is 0.548. The third kappa shape index (κ3) is 2.22. The Balaban J connectivity index is 2.02. The van der Waals surface area contributed by atoms with Crippen LogP contribution in [0.5, 0.6) is 0 Å². The molecule has 0 spiro atoms. The quantitative estimate of drug-likeness (QED) is 0.776. The van der Waals surface area contributed by atoms with Gasteiger partial charge in [0.1, 0.15) is 5.82 Å². The Morgan fingerprint density at radius 1 is 1.11 bits per heavy atom. The van der Waals surface area contributed by atoms with Gasteiger partial charge in [-0.05, 0) is 35.4 Å². The molecule has 96 valence electrons. The summed E-state index contributed by atoms with van der Waals surface area (Å²) in [5.41, 5.74) is 10.1. The van der Waals surface area contributed by atoms with Crippen molar-refractivity contribution in [2.75, 3.05) is 0 Å². The van der Waals surface area contributed by atoms with Crippen LogP contribution in [0.2, 0.25) is 0 Å². The second-order valence-corrected chi connectivity index (χ2v) is 4.65. The summed E-state index contributed by atoms with van der Waals surface area (Å²) in [7, 11) is 2.05. The largest absolute Gasteiger partial charge is 0.331 e. The molecule has 2 N–H and O–H groups in total. The minimum absolute atomic E-state index is 0.548. The van der Waals surface area contributed by atoms with Crippen LogP contribution in [0.15, 0.2) is 42.7 Å². The second-order valence-electron chi connectivity index (χ2n) is 4.65. The predicted molar refractivity (Wildman–Crippen MR) is 75.6 cm³/mol. The summed E-state index contributed by atoms with van der Waals surface area (Å²) in [6.45, 7) is 0.548. The van der Waals surface area contributed by atoms with Gasteiger partial charge in [-0.1, -0.05) is 6.07 Å². The van der Waals surface area contributed by atoms with Crippen molar-refractivity contribution in [1.82, 2.24) is 14.5 Å². The van der Waals surface area contributed by atoms with Crippen LogP contribution in [0.4, 0.5) is 0 Å². The number of rotatable bonds is 3. The number of nitrogens with two attached hydrogens (primary N) is 1. The van der Waals surface area contributed by atoms with Crippen molar-refractivity contribution in [3.8, 4) is 0 Å². The van der Waals surface area contributed by atoms with Gasteiger partial charge in [0.2, 0.25) is 0 Å². The molecular weight excluding hydrogens is 236 g/mol.